The standard InChI is InChI=1S/C13H15FO5/c1-2-19-11(17)6-10(16)13(18)12-8(7-15)4-3-5-9(12)14/h3-5,7,10,13,16,18H,2,6H2,1H3. The van der Waals surface area contributed by atoms with E-state index >= 15 is 0 Å². The molecule has 104 valence electrons. The third-order valence-corrected chi connectivity index (χ3v) is 2.55. The summed E-state index contributed by atoms with van der Waals surface area (Å²) in [5.74, 6) is -1.53. The minimum absolute atomic E-state index is 0.0737. The van der Waals surface area contributed by atoms with Crippen molar-refractivity contribution in [2.45, 2.75) is 25.6 Å². The van der Waals surface area contributed by atoms with E-state index in [0.717, 1.165) is 6.07 Å². The van der Waals surface area contributed by atoms with E-state index in [2.05, 4.69) is 4.74 Å². The molecule has 1 aromatic carbocycles. The summed E-state index contributed by atoms with van der Waals surface area (Å²) in [7, 11) is 0. The van der Waals surface area contributed by atoms with Crippen molar-refractivity contribution >= 4 is 12.3 Å². The number of ether oxygens (including phenoxy) is 1. The van der Waals surface area contributed by atoms with Crippen molar-refractivity contribution < 1.29 is 28.9 Å². The number of benzene rings is 1. The van der Waals surface area contributed by atoms with Crippen LogP contribution in [0.1, 0.15) is 35.4 Å². The molecule has 0 saturated heterocycles. The van der Waals surface area contributed by atoms with Crippen LogP contribution >= 0.6 is 0 Å². The van der Waals surface area contributed by atoms with Gasteiger partial charge in [0.1, 0.15) is 11.9 Å². The Labute approximate surface area is 109 Å². The smallest absolute Gasteiger partial charge is 0.308 e. The highest BCUT2D eigenvalue weighted by molar-refractivity contribution is 5.77. The van der Waals surface area contributed by atoms with Crippen molar-refractivity contribution in [3.63, 3.8) is 0 Å². The van der Waals surface area contributed by atoms with Gasteiger partial charge in [0.2, 0.25) is 0 Å². The SMILES string of the molecule is CCOC(=O)CC(O)C(O)c1c(F)cccc1C=O. The van der Waals surface area contributed by atoms with Crippen LogP contribution in [-0.2, 0) is 9.53 Å². The molecule has 0 aliphatic carbocycles. The molecule has 0 aromatic heterocycles. The van der Waals surface area contributed by atoms with Crippen LogP contribution in [-0.4, -0.2) is 35.2 Å². The zero-order valence-electron chi connectivity index (χ0n) is 10.4. The third-order valence-electron chi connectivity index (χ3n) is 2.55. The molecule has 0 bridgehead atoms. The molecule has 0 aliphatic rings. The van der Waals surface area contributed by atoms with E-state index in [4.69, 9.17) is 0 Å². The van der Waals surface area contributed by atoms with Gasteiger partial charge in [-0.3, -0.25) is 9.59 Å². The number of carbonyl (C=O) groups excluding carboxylic acids is 2. The molecule has 6 heteroatoms. The van der Waals surface area contributed by atoms with Gasteiger partial charge < -0.3 is 14.9 Å². The molecule has 1 aromatic rings. The van der Waals surface area contributed by atoms with Crippen LogP contribution in [0.4, 0.5) is 4.39 Å². The van der Waals surface area contributed by atoms with Crippen molar-refractivity contribution in [1.82, 2.24) is 0 Å². The first-order valence-corrected chi connectivity index (χ1v) is 5.76. The van der Waals surface area contributed by atoms with Gasteiger partial charge in [-0.25, -0.2) is 4.39 Å². The average Bonchev–Trinajstić information content (AvgIpc) is 2.37. The van der Waals surface area contributed by atoms with E-state index < -0.39 is 30.4 Å². The topological polar surface area (TPSA) is 83.8 Å². The summed E-state index contributed by atoms with van der Waals surface area (Å²) in [5, 5.41) is 19.5. The van der Waals surface area contributed by atoms with Crippen molar-refractivity contribution in [3.8, 4) is 0 Å². The van der Waals surface area contributed by atoms with Crippen molar-refractivity contribution in [3.05, 3.63) is 35.1 Å². The molecule has 2 N–H and O–H groups in total. The van der Waals surface area contributed by atoms with Crippen molar-refractivity contribution in [2.24, 2.45) is 0 Å². The molecule has 0 heterocycles. The maximum absolute atomic E-state index is 13.6. The van der Waals surface area contributed by atoms with E-state index in [9.17, 15) is 24.2 Å². The third kappa shape index (κ3) is 3.84. The van der Waals surface area contributed by atoms with Gasteiger partial charge in [-0.2, -0.15) is 0 Å². The summed E-state index contributed by atoms with van der Waals surface area (Å²) >= 11 is 0. The summed E-state index contributed by atoms with van der Waals surface area (Å²) in [5.41, 5.74) is -0.398. The predicted molar refractivity (Wildman–Crippen MR) is 64.0 cm³/mol. The Balaban J connectivity index is 2.90. The highest BCUT2D eigenvalue weighted by Crippen LogP contribution is 2.25. The monoisotopic (exact) mass is 270 g/mol. The molecule has 2 unspecified atom stereocenters. The van der Waals surface area contributed by atoms with Crippen LogP contribution in [0.25, 0.3) is 0 Å². The van der Waals surface area contributed by atoms with Crippen LogP contribution in [0.3, 0.4) is 0 Å². The number of carbonyl (C=O) groups is 2. The molecule has 0 spiro atoms. The molecule has 5 nitrogen and oxygen atoms in total. The second-order valence-corrected chi connectivity index (χ2v) is 3.88. The zero-order chi connectivity index (χ0) is 14.4. The number of hydrogen-bond acceptors (Lipinski definition) is 5. The molecular weight excluding hydrogens is 255 g/mol. The minimum atomic E-state index is -1.68. The second kappa shape index (κ2) is 6.96. The van der Waals surface area contributed by atoms with Crippen LogP contribution in [0.2, 0.25) is 0 Å². The normalized spacial score (nSPS) is 13.7. The molecule has 2 atom stereocenters. The highest BCUT2D eigenvalue weighted by Gasteiger charge is 2.26. The maximum Gasteiger partial charge on any atom is 0.308 e. The summed E-state index contributed by atoms with van der Waals surface area (Å²) in [6, 6.07) is 3.68. The molecule has 0 fully saturated rings. The van der Waals surface area contributed by atoms with E-state index in [-0.39, 0.29) is 17.7 Å². The van der Waals surface area contributed by atoms with Gasteiger partial charge in [0, 0.05) is 11.1 Å². The summed E-state index contributed by atoms with van der Waals surface area (Å²) in [6.07, 6.45) is -3.33. The molecule has 1 rings (SSSR count). The molecule has 0 radical (unpaired) electrons. The average molecular weight is 270 g/mol. The van der Waals surface area contributed by atoms with Gasteiger partial charge in [0.15, 0.2) is 6.29 Å². The number of esters is 1. The van der Waals surface area contributed by atoms with Crippen molar-refractivity contribution in [1.29, 1.82) is 0 Å². The van der Waals surface area contributed by atoms with E-state index in [1.807, 2.05) is 0 Å². The number of halogens is 1. The summed E-state index contributed by atoms with van der Waals surface area (Å²) in [6.45, 7) is 1.74. The lowest BCUT2D eigenvalue weighted by atomic mass is 9.97. The first kappa shape index (κ1) is 15.3. The van der Waals surface area contributed by atoms with Gasteiger partial charge in [-0.05, 0) is 13.0 Å². The Kier molecular flexibility index (Phi) is 5.59. The first-order chi connectivity index (χ1) is 9.01. The summed E-state index contributed by atoms with van der Waals surface area (Å²) in [4.78, 5) is 22.0. The number of aliphatic hydroxyl groups is 2. The van der Waals surface area contributed by atoms with Gasteiger partial charge in [-0.15, -0.1) is 0 Å². The maximum atomic E-state index is 13.6. The molecule has 19 heavy (non-hydrogen) atoms. The predicted octanol–water partition coefficient (Wildman–Crippen LogP) is 0.986. The Morgan fingerprint density at radius 3 is 2.74 bits per heavy atom. The van der Waals surface area contributed by atoms with E-state index in [1.165, 1.54) is 12.1 Å². The fourth-order valence-corrected chi connectivity index (χ4v) is 1.66. The Morgan fingerprint density at radius 1 is 1.47 bits per heavy atom. The minimum Gasteiger partial charge on any atom is -0.466 e. The van der Waals surface area contributed by atoms with Crippen LogP contribution in [0.15, 0.2) is 18.2 Å². The Morgan fingerprint density at radius 2 is 2.16 bits per heavy atom. The van der Waals surface area contributed by atoms with Crippen LogP contribution in [0.5, 0.6) is 0 Å². The highest BCUT2D eigenvalue weighted by atomic mass is 19.1. The number of aldehydes is 1. The molecule has 0 aliphatic heterocycles. The van der Waals surface area contributed by atoms with E-state index in [1.54, 1.807) is 6.92 Å². The van der Waals surface area contributed by atoms with Gasteiger partial charge in [0.25, 0.3) is 0 Å². The van der Waals surface area contributed by atoms with Gasteiger partial charge in [0.05, 0.1) is 19.1 Å². The largest absolute Gasteiger partial charge is 0.466 e. The van der Waals surface area contributed by atoms with Gasteiger partial charge >= 0.3 is 5.97 Å². The van der Waals surface area contributed by atoms with E-state index in [0.29, 0.717) is 6.29 Å². The fourth-order valence-electron chi connectivity index (χ4n) is 1.66. The second-order valence-electron chi connectivity index (χ2n) is 3.88. The Hall–Kier alpha value is -1.79. The summed E-state index contributed by atoms with van der Waals surface area (Å²) < 4.78 is 18.2. The quantitative estimate of drug-likeness (QED) is 0.595. The molecule has 0 amide bonds. The van der Waals surface area contributed by atoms with Gasteiger partial charge in [-0.1, -0.05) is 12.1 Å². The molecular formula is C13H15FO5. The number of rotatable bonds is 6. The van der Waals surface area contributed by atoms with Crippen LogP contribution in [0, 0.1) is 5.82 Å². The lowest BCUT2D eigenvalue weighted by Crippen LogP contribution is -2.24. The van der Waals surface area contributed by atoms with Crippen molar-refractivity contribution in [2.75, 3.05) is 6.61 Å². The molecule has 0 saturated carbocycles. The lowest BCUT2D eigenvalue weighted by Gasteiger charge is -2.19. The zero-order valence-corrected chi connectivity index (χ0v) is 10.4. The first-order valence-electron chi connectivity index (χ1n) is 5.76. The number of aliphatic hydroxyl groups excluding tert-OH is 2. The fraction of sp³-hybridized carbons (Fsp3) is 0.385. The lowest BCUT2D eigenvalue weighted by molar-refractivity contribution is -0.147. The Bertz CT molecular complexity index is 460. The van der Waals surface area contributed by atoms with Crippen LogP contribution < -0.4 is 0 Å². The number of hydrogen-bond donors (Lipinski definition) is 2.